The standard InChI is InChI=1S/C12H21NO/c14-12-8-4-1-5-10(12)9-13-11-6-2-3-7-11/h2,6,10-14H,1,3-5,7-9H2. The van der Waals surface area contributed by atoms with Gasteiger partial charge < -0.3 is 10.4 Å². The Balaban J connectivity index is 1.70. The minimum Gasteiger partial charge on any atom is -0.393 e. The van der Waals surface area contributed by atoms with Gasteiger partial charge in [0.2, 0.25) is 0 Å². The Labute approximate surface area is 86.4 Å². The van der Waals surface area contributed by atoms with E-state index in [0.29, 0.717) is 12.0 Å². The molecule has 2 N–H and O–H groups in total. The third-order valence-corrected chi connectivity index (χ3v) is 3.52. The molecular formula is C12H21NO. The quantitative estimate of drug-likeness (QED) is 0.674. The molecule has 0 aromatic heterocycles. The van der Waals surface area contributed by atoms with Crippen molar-refractivity contribution in [1.29, 1.82) is 0 Å². The molecule has 2 aliphatic rings. The van der Waals surface area contributed by atoms with Crippen molar-refractivity contribution in [3.63, 3.8) is 0 Å². The molecule has 0 amide bonds. The maximum absolute atomic E-state index is 9.78. The topological polar surface area (TPSA) is 32.3 Å². The zero-order chi connectivity index (χ0) is 9.80. The third kappa shape index (κ3) is 2.58. The molecule has 2 nitrogen and oxygen atoms in total. The fourth-order valence-corrected chi connectivity index (χ4v) is 2.53. The van der Waals surface area contributed by atoms with Gasteiger partial charge in [-0.05, 0) is 31.6 Å². The van der Waals surface area contributed by atoms with Gasteiger partial charge in [0.1, 0.15) is 0 Å². The predicted octanol–water partition coefficient (Wildman–Crippen LogP) is 1.85. The van der Waals surface area contributed by atoms with Gasteiger partial charge in [0.15, 0.2) is 0 Å². The number of nitrogens with one attached hydrogen (secondary N) is 1. The van der Waals surface area contributed by atoms with Gasteiger partial charge in [-0.2, -0.15) is 0 Å². The van der Waals surface area contributed by atoms with Gasteiger partial charge in [0.25, 0.3) is 0 Å². The van der Waals surface area contributed by atoms with Crippen LogP contribution in [0, 0.1) is 5.92 Å². The average Bonchev–Trinajstić information content (AvgIpc) is 2.69. The Bertz CT molecular complexity index is 202. The number of hydrogen-bond acceptors (Lipinski definition) is 2. The third-order valence-electron chi connectivity index (χ3n) is 3.52. The van der Waals surface area contributed by atoms with Gasteiger partial charge in [0, 0.05) is 12.6 Å². The number of aliphatic hydroxyl groups is 1. The van der Waals surface area contributed by atoms with E-state index < -0.39 is 0 Å². The van der Waals surface area contributed by atoms with Crippen LogP contribution in [0.2, 0.25) is 0 Å². The van der Waals surface area contributed by atoms with E-state index in [-0.39, 0.29) is 6.10 Å². The molecule has 0 radical (unpaired) electrons. The van der Waals surface area contributed by atoms with E-state index in [9.17, 15) is 5.11 Å². The summed E-state index contributed by atoms with van der Waals surface area (Å²) < 4.78 is 0. The Hall–Kier alpha value is -0.340. The zero-order valence-corrected chi connectivity index (χ0v) is 8.78. The summed E-state index contributed by atoms with van der Waals surface area (Å²) in [5.41, 5.74) is 0. The fraction of sp³-hybridized carbons (Fsp3) is 0.833. The Morgan fingerprint density at radius 3 is 2.79 bits per heavy atom. The molecule has 0 heterocycles. The number of hydrogen-bond donors (Lipinski definition) is 2. The van der Waals surface area contributed by atoms with Gasteiger partial charge in [0.05, 0.1) is 6.10 Å². The molecule has 3 atom stereocenters. The van der Waals surface area contributed by atoms with Gasteiger partial charge >= 0.3 is 0 Å². The summed E-state index contributed by atoms with van der Waals surface area (Å²) in [6.07, 6.45) is 11.6. The molecule has 2 aliphatic carbocycles. The summed E-state index contributed by atoms with van der Waals surface area (Å²) in [7, 11) is 0. The minimum absolute atomic E-state index is 0.0540. The molecule has 80 valence electrons. The summed E-state index contributed by atoms with van der Waals surface area (Å²) in [5, 5.41) is 13.3. The van der Waals surface area contributed by atoms with Gasteiger partial charge in [-0.1, -0.05) is 25.0 Å². The molecule has 3 unspecified atom stereocenters. The van der Waals surface area contributed by atoms with Crippen LogP contribution < -0.4 is 5.32 Å². The van der Waals surface area contributed by atoms with Crippen molar-refractivity contribution in [2.45, 2.75) is 50.7 Å². The highest BCUT2D eigenvalue weighted by atomic mass is 16.3. The Morgan fingerprint density at radius 1 is 1.21 bits per heavy atom. The number of aliphatic hydroxyl groups excluding tert-OH is 1. The first-order chi connectivity index (χ1) is 6.86. The molecule has 0 spiro atoms. The van der Waals surface area contributed by atoms with Crippen LogP contribution in [-0.4, -0.2) is 23.8 Å². The first-order valence-corrected chi connectivity index (χ1v) is 5.94. The lowest BCUT2D eigenvalue weighted by molar-refractivity contribution is 0.0688. The van der Waals surface area contributed by atoms with Crippen LogP contribution >= 0.6 is 0 Å². The normalized spacial score (nSPS) is 37.6. The van der Waals surface area contributed by atoms with Gasteiger partial charge in [-0.25, -0.2) is 0 Å². The van der Waals surface area contributed by atoms with E-state index in [0.717, 1.165) is 13.0 Å². The van der Waals surface area contributed by atoms with E-state index in [4.69, 9.17) is 0 Å². The first-order valence-electron chi connectivity index (χ1n) is 5.94. The van der Waals surface area contributed by atoms with Crippen molar-refractivity contribution in [2.24, 2.45) is 5.92 Å². The summed E-state index contributed by atoms with van der Waals surface area (Å²) in [6.45, 7) is 0.996. The minimum atomic E-state index is -0.0540. The molecule has 0 aromatic rings. The second-order valence-corrected chi connectivity index (χ2v) is 4.63. The first kappa shape index (κ1) is 10.2. The maximum atomic E-state index is 9.78. The summed E-state index contributed by atoms with van der Waals surface area (Å²) in [5.74, 6) is 0.498. The van der Waals surface area contributed by atoms with Crippen LogP contribution in [0.25, 0.3) is 0 Å². The molecule has 14 heavy (non-hydrogen) atoms. The van der Waals surface area contributed by atoms with Crippen molar-refractivity contribution in [2.75, 3.05) is 6.54 Å². The number of rotatable bonds is 3. The second-order valence-electron chi connectivity index (χ2n) is 4.63. The van der Waals surface area contributed by atoms with Crippen LogP contribution in [0.3, 0.4) is 0 Å². The summed E-state index contributed by atoms with van der Waals surface area (Å²) in [6, 6.07) is 0.573. The van der Waals surface area contributed by atoms with Crippen molar-refractivity contribution >= 4 is 0 Å². The van der Waals surface area contributed by atoms with Crippen molar-refractivity contribution < 1.29 is 5.11 Å². The highest BCUT2D eigenvalue weighted by Gasteiger charge is 2.23. The lowest BCUT2D eigenvalue weighted by Gasteiger charge is -2.28. The largest absolute Gasteiger partial charge is 0.393 e. The molecular weight excluding hydrogens is 174 g/mol. The molecule has 0 saturated heterocycles. The molecule has 2 rings (SSSR count). The smallest absolute Gasteiger partial charge is 0.0580 e. The SMILES string of the molecule is OC1CCCCC1CNC1C=CCC1. The summed E-state index contributed by atoms with van der Waals surface area (Å²) in [4.78, 5) is 0. The average molecular weight is 195 g/mol. The lowest BCUT2D eigenvalue weighted by atomic mass is 9.86. The monoisotopic (exact) mass is 195 g/mol. The van der Waals surface area contributed by atoms with Gasteiger partial charge in [-0.3, -0.25) is 0 Å². The maximum Gasteiger partial charge on any atom is 0.0580 e. The molecule has 0 aliphatic heterocycles. The van der Waals surface area contributed by atoms with Crippen LogP contribution in [0.4, 0.5) is 0 Å². The van der Waals surface area contributed by atoms with Crippen molar-refractivity contribution in [3.05, 3.63) is 12.2 Å². The van der Waals surface area contributed by atoms with E-state index in [1.165, 1.54) is 32.1 Å². The highest BCUT2D eigenvalue weighted by molar-refractivity contribution is 5.01. The summed E-state index contributed by atoms with van der Waals surface area (Å²) >= 11 is 0. The fourth-order valence-electron chi connectivity index (χ4n) is 2.53. The zero-order valence-electron chi connectivity index (χ0n) is 8.78. The van der Waals surface area contributed by atoms with Crippen molar-refractivity contribution in [1.82, 2.24) is 5.32 Å². The van der Waals surface area contributed by atoms with E-state index in [1.54, 1.807) is 0 Å². The molecule has 0 aromatic carbocycles. The van der Waals surface area contributed by atoms with Crippen molar-refractivity contribution in [3.8, 4) is 0 Å². The predicted molar refractivity (Wildman–Crippen MR) is 58.1 cm³/mol. The number of allylic oxidation sites excluding steroid dienone is 1. The molecule has 1 fully saturated rings. The van der Waals surface area contributed by atoms with E-state index >= 15 is 0 Å². The highest BCUT2D eigenvalue weighted by Crippen LogP contribution is 2.24. The Kier molecular flexibility index (Phi) is 3.60. The molecule has 1 saturated carbocycles. The van der Waals surface area contributed by atoms with E-state index in [1.807, 2.05) is 0 Å². The second kappa shape index (κ2) is 4.94. The molecule has 0 bridgehead atoms. The van der Waals surface area contributed by atoms with Gasteiger partial charge in [-0.15, -0.1) is 0 Å². The Morgan fingerprint density at radius 2 is 2.07 bits per heavy atom. The lowest BCUT2D eigenvalue weighted by Crippen LogP contribution is -2.37. The van der Waals surface area contributed by atoms with E-state index in [2.05, 4.69) is 17.5 Å². The molecule has 2 heteroatoms. The van der Waals surface area contributed by atoms with Crippen LogP contribution in [0.1, 0.15) is 38.5 Å². The van der Waals surface area contributed by atoms with Crippen LogP contribution in [-0.2, 0) is 0 Å². The van der Waals surface area contributed by atoms with Crippen LogP contribution in [0.5, 0.6) is 0 Å². The van der Waals surface area contributed by atoms with Crippen LogP contribution in [0.15, 0.2) is 12.2 Å².